The van der Waals surface area contributed by atoms with E-state index < -0.39 is 0 Å². The molecule has 1 aromatic rings. The Kier molecular flexibility index (Phi) is 5.45. The Balaban J connectivity index is 1.54. The van der Waals surface area contributed by atoms with Crippen molar-refractivity contribution in [1.29, 1.82) is 0 Å². The van der Waals surface area contributed by atoms with Crippen molar-refractivity contribution in [2.24, 2.45) is 0 Å². The molecule has 0 radical (unpaired) electrons. The Bertz CT molecular complexity index is 344. The summed E-state index contributed by atoms with van der Waals surface area (Å²) in [5.74, 6) is 1.04. The van der Waals surface area contributed by atoms with Gasteiger partial charge in [0.05, 0.1) is 0 Å². The first-order chi connectivity index (χ1) is 8.84. The van der Waals surface area contributed by atoms with Crippen LogP contribution in [0.1, 0.15) is 44.3 Å². The monoisotopic (exact) mass is 266 g/mol. The lowest BCUT2D eigenvalue weighted by molar-refractivity contribution is 0.412. The Morgan fingerprint density at radius 1 is 1.39 bits per heavy atom. The summed E-state index contributed by atoms with van der Waals surface area (Å²) in [6, 6.07) is 0.587. The molecule has 5 heteroatoms. The van der Waals surface area contributed by atoms with Crippen molar-refractivity contribution in [2.75, 3.05) is 6.54 Å². The van der Waals surface area contributed by atoms with Crippen LogP contribution in [0.3, 0.4) is 0 Å². The van der Waals surface area contributed by atoms with Gasteiger partial charge in [0.1, 0.15) is 5.82 Å². The summed E-state index contributed by atoms with van der Waals surface area (Å²) in [7, 11) is 0. The van der Waals surface area contributed by atoms with Crippen LogP contribution in [0.25, 0.3) is 0 Å². The van der Waals surface area contributed by atoms with Crippen LogP contribution in [0, 0.1) is 0 Å². The molecule has 1 aliphatic rings. The summed E-state index contributed by atoms with van der Waals surface area (Å²) >= 11 is 5.30. The van der Waals surface area contributed by atoms with Crippen molar-refractivity contribution in [3.63, 3.8) is 0 Å². The first-order valence-corrected chi connectivity index (χ1v) is 7.28. The Morgan fingerprint density at radius 2 is 2.22 bits per heavy atom. The van der Waals surface area contributed by atoms with Crippen LogP contribution < -0.4 is 10.6 Å². The van der Waals surface area contributed by atoms with Crippen molar-refractivity contribution < 1.29 is 0 Å². The van der Waals surface area contributed by atoms with Crippen molar-refractivity contribution in [3.8, 4) is 0 Å². The van der Waals surface area contributed by atoms with Gasteiger partial charge in [-0.25, -0.2) is 4.98 Å². The van der Waals surface area contributed by atoms with Crippen LogP contribution in [0.5, 0.6) is 0 Å². The number of nitrogens with zero attached hydrogens (tertiary/aromatic N) is 1. The second-order valence-corrected chi connectivity index (χ2v) is 5.28. The molecule has 1 saturated carbocycles. The maximum atomic E-state index is 5.30. The summed E-state index contributed by atoms with van der Waals surface area (Å²) in [4.78, 5) is 7.30. The lowest BCUT2D eigenvalue weighted by Gasteiger charge is -2.24. The molecule has 0 spiro atoms. The molecule has 1 aromatic heterocycles. The minimum atomic E-state index is 0.587. The number of hydrogen-bond donors (Lipinski definition) is 3. The van der Waals surface area contributed by atoms with Crippen molar-refractivity contribution in [3.05, 3.63) is 18.2 Å². The number of aromatic amines is 1. The number of hydrogen-bond acceptors (Lipinski definition) is 2. The lowest BCUT2D eigenvalue weighted by Crippen LogP contribution is -2.43. The predicted octanol–water partition coefficient (Wildman–Crippen LogP) is 2.14. The topological polar surface area (TPSA) is 52.7 Å². The van der Waals surface area contributed by atoms with Gasteiger partial charge in [-0.2, -0.15) is 0 Å². The zero-order chi connectivity index (χ0) is 12.6. The first-order valence-electron chi connectivity index (χ1n) is 6.87. The average molecular weight is 266 g/mol. The highest BCUT2D eigenvalue weighted by atomic mass is 32.1. The van der Waals surface area contributed by atoms with Gasteiger partial charge in [0.15, 0.2) is 5.11 Å². The summed E-state index contributed by atoms with van der Waals surface area (Å²) in [5.41, 5.74) is 0. The summed E-state index contributed by atoms with van der Waals surface area (Å²) in [5, 5.41) is 7.49. The van der Waals surface area contributed by atoms with Crippen LogP contribution in [0.4, 0.5) is 0 Å². The molecule has 0 aliphatic heterocycles. The van der Waals surface area contributed by atoms with Gasteiger partial charge in [-0.1, -0.05) is 19.3 Å². The number of aryl methyl sites for hydroxylation is 1. The van der Waals surface area contributed by atoms with Gasteiger partial charge in [-0.05, 0) is 31.5 Å². The number of rotatable bonds is 5. The van der Waals surface area contributed by atoms with Crippen molar-refractivity contribution in [2.45, 2.75) is 51.0 Å². The third kappa shape index (κ3) is 4.64. The van der Waals surface area contributed by atoms with E-state index in [1.54, 1.807) is 6.20 Å². The minimum Gasteiger partial charge on any atom is -0.363 e. The van der Waals surface area contributed by atoms with E-state index in [2.05, 4.69) is 20.6 Å². The van der Waals surface area contributed by atoms with E-state index in [4.69, 9.17) is 12.2 Å². The number of imidazole rings is 1. The van der Waals surface area contributed by atoms with Crippen LogP contribution in [-0.4, -0.2) is 27.7 Å². The highest BCUT2D eigenvalue weighted by Gasteiger charge is 2.13. The number of nitrogens with one attached hydrogen (secondary N) is 3. The molecule has 0 amide bonds. The lowest BCUT2D eigenvalue weighted by atomic mass is 9.96. The van der Waals surface area contributed by atoms with Crippen molar-refractivity contribution >= 4 is 17.3 Å². The molecule has 0 bridgehead atoms. The fourth-order valence-corrected chi connectivity index (χ4v) is 2.64. The van der Waals surface area contributed by atoms with Gasteiger partial charge >= 0.3 is 0 Å². The third-order valence-electron chi connectivity index (χ3n) is 3.37. The number of H-pyrrole nitrogens is 1. The molecule has 100 valence electrons. The van der Waals surface area contributed by atoms with Crippen LogP contribution >= 0.6 is 12.2 Å². The molecule has 1 heterocycles. The van der Waals surface area contributed by atoms with E-state index >= 15 is 0 Å². The molecule has 2 rings (SSSR count). The van der Waals surface area contributed by atoms with Crippen LogP contribution in [0.2, 0.25) is 0 Å². The standard InChI is InChI=1S/C13H22N4S/c18-13(17-11-5-2-1-3-6-11)16-8-4-7-12-14-9-10-15-12/h9-11H,1-8H2,(H,14,15)(H2,16,17,18). The molecule has 1 fully saturated rings. The Morgan fingerprint density at radius 3 is 2.94 bits per heavy atom. The molecular formula is C13H22N4S. The highest BCUT2D eigenvalue weighted by Crippen LogP contribution is 2.17. The van der Waals surface area contributed by atoms with Crippen molar-refractivity contribution in [1.82, 2.24) is 20.6 Å². The van der Waals surface area contributed by atoms with Gasteiger partial charge in [0.25, 0.3) is 0 Å². The highest BCUT2D eigenvalue weighted by molar-refractivity contribution is 7.80. The SMILES string of the molecule is S=C(NCCCc1ncc[nH]1)NC1CCCCC1. The average Bonchev–Trinajstić information content (AvgIpc) is 2.89. The van der Waals surface area contributed by atoms with Gasteiger partial charge in [0.2, 0.25) is 0 Å². The van der Waals surface area contributed by atoms with Crippen LogP contribution in [0.15, 0.2) is 12.4 Å². The van der Waals surface area contributed by atoms with E-state index in [0.29, 0.717) is 6.04 Å². The summed E-state index contributed by atoms with van der Waals surface area (Å²) in [6.07, 6.45) is 12.2. The maximum Gasteiger partial charge on any atom is 0.166 e. The quantitative estimate of drug-likeness (QED) is 0.564. The largest absolute Gasteiger partial charge is 0.363 e. The fourth-order valence-electron chi connectivity index (χ4n) is 2.38. The molecule has 0 saturated heterocycles. The maximum absolute atomic E-state index is 5.30. The molecule has 3 N–H and O–H groups in total. The summed E-state index contributed by atoms with van der Waals surface area (Å²) in [6.45, 7) is 0.902. The van der Waals surface area contributed by atoms with E-state index in [9.17, 15) is 0 Å². The third-order valence-corrected chi connectivity index (χ3v) is 3.63. The molecule has 18 heavy (non-hydrogen) atoms. The van der Waals surface area contributed by atoms with Gasteiger partial charge in [-0.3, -0.25) is 0 Å². The van der Waals surface area contributed by atoms with E-state index in [-0.39, 0.29) is 0 Å². The second kappa shape index (κ2) is 7.36. The molecule has 0 unspecified atom stereocenters. The Hall–Kier alpha value is -1.10. The van der Waals surface area contributed by atoms with Gasteiger partial charge in [-0.15, -0.1) is 0 Å². The molecule has 1 aliphatic carbocycles. The second-order valence-electron chi connectivity index (χ2n) is 4.87. The molecule has 4 nitrogen and oxygen atoms in total. The zero-order valence-electron chi connectivity index (χ0n) is 10.7. The van der Waals surface area contributed by atoms with E-state index in [1.165, 1.54) is 32.1 Å². The predicted molar refractivity (Wildman–Crippen MR) is 77.5 cm³/mol. The van der Waals surface area contributed by atoms with Gasteiger partial charge in [0, 0.05) is 31.4 Å². The molecule has 0 aromatic carbocycles. The smallest absolute Gasteiger partial charge is 0.166 e. The van der Waals surface area contributed by atoms with E-state index in [1.807, 2.05) is 6.20 Å². The molecular weight excluding hydrogens is 244 g/mol. The van der Waals surface area contributed by atoms with Gasteiger partial charge < -0.3 is 15.6 Å². The normalized spacial score (nSPS) is 16.4. The minimum absolute atomic E-state index is 0.587. The fraction of sp³-hybridized carbons (Fsp3) is 0.692. The molecule has 0 atom stereocenters. The zero-order valence-corrected chi connectivity index (χ0v) is 11.6. The van der Waals surface area contributed by atoms with E-state index in [0.717, 1.165) is 30.3 Å². The number of aromatic nitrogens is 2. The van der Waals surface area contributed by atoms with Crippen LogP contribution in [-0.2, 0) is 6.42 Å². The Labute approximate surface area is 114 Å². The number of thiocarbonyl (C=S) groups is 1. The first kappa shape index (κ1) is 13.3. The summed E-state index contributed by atoms with van der Waals surface area (Å²) < 4.78 is 0.